The van der Waals surface area contributed by atoms with Gasteiger partial charge in [-0.1, -0.05) is 13.8 Å². The molecule has 0 fully saturated rings. The molecule has 0 aliphatic heterocycles. The fraction of sp³-hybridized carbons (Fsp3) is 0.375. The maximum Gasteiger partial charge on any atom is 0.118 e. The largest absolute Gasteiger partial charge is 0.497 e. The number of methoxy groups -OCH3 is 1. The van der Waals surface area contributed by atoms with Gasteiger partial charge in [-0.2, -0.15) is 0 Å². The Morgan fingerprint density at radius 1 is 1.21 bits per heavy atom. The van der Waals surface area contributed by atoms with Gasteiger partial charge in [0.05, 0.1) is 7.11 Å². The summed E-state index contributed by atoms with van der Waals surface area (Å²) in [6.45, 7) is 7.49. The van der Waals surface area contributed by atoms with Crippen molar-refractivity contribution in [1.82, 2.24) is 5.32 Å². The number of hydrogen-bond donors (Lipinski definition) is 1. The average molecular weight is 275 g/mol. The van der Waals surface area contributed by atoms with Crippen molar-refractivity contribution in [2.24, 2.45) is 0 Å². The Balaban J connectivity index is 2.20. The summed E-state index contributed by atoms with van der Waals surface area (Å²) in [5.74, 6) is 0.902. The molecule has 1 aromatic carbocycles. The molecule has 0 amide bonds. The summed E-state index contributed by atoms with van der Waals surface area (Å²) in [6, 6.07) is 8.79. The van der Waals surface area contributed by atoms with Crippen molar-refractivity contribution in [2.45, 2.75) is 33.4 Å². The SMILES string of the molecule is COc1ccc(-c2scc(CNC(C)C)c2C)cc1. The Morgan fingerprint density at radius 3 is 2.47 bits per heavy atom. The molecule has 1 heterocycles. The van der Waals surface area contributed by atoms with E-state index < -0.39 is 0 Å². The van der Waals surface area contributed by atoms with E-state index in [0.29, 0.717) is 6.04 Å². The average Bonchev–Trinajstić information content (AvgIpc) is 2.78. The molecule has 0 aliphatic rings. The van der Waals surface area contributed by atoms with Crippen LogP contribution in [-0.4, -0.2) is 13.2 Å². The van der Waals surface area contributed by atoms with E-state index in [1.165, 1.54) is 21.6 Å². The fourth-order valence-corrected chi connectivity index (χ4v) is 3.07. The minimum atomic E-state index is 0.517. The second kappa shape index (κ2) is 6.22. The highest BCUT2D eigenvalue weighted by atomic mass is 32.1. The zero-order valence-electron chi connectivity index (χ0n) is 12.0. The molecule has 0 spiro atoms. The first-order valence-electron chi connectivity index (χ1n) is 6.56. The zero-order valence-corrected chi connectivity index (χ0v) is 12.8. The van der Waals surface area contributed by atoms with Gasteiger partial charge in [0.25, 0.3) is 0 Å². The Hall–Kier alpha value is -1.32. The van der Waals surface area contributed by atoms with Crippen LogP contribution in [0.25, 0.3) is 10.4 Å². The lowest BCUT2D eigenvalue weighted by Gasteiger charge is -2.08. The Labute approximate surface area is 119 Å². The van der Waals surface area contributed by atoms with Crippen molar-refractivity contribution in [3.8, 4) is 16.2 Å². The van der Waals surface area contributed by atoms with E-state index in [1.54, 1.807) is 7.11 Å². The summed E-state index contributed by atoms with van der Waals surface area (Å²) in [7, 11) is 1.70. The van der Waals surface area contributed by atoms with Crippen molar-refractivity contribution in [2.75, 3.05) is 7.11 Å². The molecule has 0 aliphatic carbocycles. The highest BCUT2D eigenvalue weighted by Gasteiger charge is 2.09. The molecule has 2 rings (SSSR count). The molecular formula is C16H21NOS. The van der Waals surface area contributed by atoms with Crippen molar-refractivity contribution < 1.29 is 4.74 Å². The van der Waals surface area contributed by atoms with Crippen molar-refractivity contribution in [3.05, 3.63) is 40.8 Å². The van der Waals surface area contributed by atoms with Gasteiger partial charge < -0.3 is 10.1 Å². The van der Waals surface area contributed by atoms with Crippen LogP contribution >= 0.6 is 11.3 Å². The van der Waals surface area contributed by atoms with Crippen LogP contribution in [0.15, 0.2) is 29.6 Å². The Morgan fingerprint density at radius 2 is 1.89 bits per heavy atom. The fourth-order valence-electron chi connectivity index (χ4n) is 1.97. The van der Waals surface area contributed by atoms with Crippen LogP contribution in [0.1, 0.15) is 25.0 Å². The van der Waals surface area contributed by atoms with Crippen LogP contribution in [-0.2, 0) is 6.54 Å². The first kappa shape index (κ1) is 14.1. The molecule has 2 nitrogen and oxygen atoms in total. The molecule has 1 N–H and O–H groups in total. The van der Waals surface area contributed by atoms with Crippen LogP contribution in [0.4, 0.5) is 0 Å². The summed E-state index contributed by atoms with van der Waals surface area (Å²) in [4.78, 5) is 1.35. The summed E-state index contributed by atoms with van der Waals surface area (Å²) in [6.07, 6.45) is 0. The van der Waals surface area contributed by atoms with E-state index in [-0.39, 0.29) is 0 Å². The lowest BCUT2D eigenvalue weighted by atomic mass is 10.1. The van der Waals surface area contributed by atoms with Gasteiger partial charge in [-0.15, -0.1) is 11.3 Å². The topological polar surface area (TPSA) is 21.3 Å². The van der Waals surface area contributed by atoms with Crippen molar-refractivity contribution >= 4 is 11.3 Å². The van der Waals surface area contributed by atoms with E-state index >= 15 is 0 Å². The van der Waals surface area contributed by atoms with Crippen LogP contribution in [0.5, 0.6) is 5.75 Å². The van der Waals surface area contributed by atoms with Crippen LogP contribution < -0.4 is 10.1 Å². The van der Waals surface area contributed by atoms with Crippen LogP contribution in [0.3, 0.4) is 0 Å². The third kappa shape index (κ3) is 3.37. The molecule has 0 atom stereocenters. The highest BCUT2D eigenvalue weighted by molar-refractivity contribution is 7.14. The van der Waals surface area contributed by atoms with Gasteiger partial charge in [-0.3, -0.25) is 0 Å². The molecule has 2 aromatic rings. The first-order valence-corrected chi connectivity index (χ1v) is 7.44. The summed E-state index contributed by atoms with van der Waals surface area (Å²) >= 11 is 1.81. The Bertz CT molecular complexity index is 528. The molecule has 0 saturated heterocycles. The van der Waals surface area contributed by atoms with Gasteiger partial charge in [0.2, 0.25) is 0 Å². The first-order chi connectivity index (χ1) is 9.11. The Kier molecular flexibility index (Phi) is 4.61. The second-order valence-electron chi connectivity index (χ2n) is 4.98. The maximum atomic E-state index is 5.20. The minimum absolute atomic E-state index is 0.517. The minimum Gasteiger partial charge on any atom is -0.497 e. The van der Waals surface area contributed by atoms with Crippen molar-refractivity contribution in [3.63, 3.8) is 0 Å². The molecule has 0 saturated carbocycles. The number of hydrogen-bond acceptors (Lipinski definition) is 3. The molecule has 0 bridgehead atoms. The van der Waals surface area contributed by atoms with Gasteiger partial charge in [0, 0.05) is 17.5 Å². The van der Waals surface area contributed by atoms with Gasteiger partial charge in [-0.05, 0) is 53.3 Å². The number of benzene rings is 1. The standard InChI is InChI=1S/C16H21NOS/c1-11(2)17-9-14-10-19-16(12(14)3)13-5-7-15(18-4)8-6-13/h5-8,10-11,17H,9H2,1-4H3. The van der Waals surface area contributed by atoms with Crippen LogP contribution in [0.2, 0.25) is 0 Å². The van der Waals surface area contributed by atoms with E-state index in [1.807, 2.05) is 23.5 Å². The van der Waals surface area contributed by atoms with E-state index in [0.717, 1.165) is 12.3 Å². The highest BCUT2D eigenvalue weighted by Crippen LogP contribution is 2.33. The van der Waals surface area contributed by atoms with Gasteiger partial charge in [0.15, 0.2) is 0 Å². The lowest BCUT2D eigenvalue weighted by molar-refractivity contribution is 0.415. The normalized spacial score (nSPS) is 11.0. The number of ether oxygens (including phenoxy) is 1. The quantitative estimate of drug-likeness (QED) is 0.881. The van der Waals surface area contributed by atoms with E-state index in [9.17, 15) is 0 Å². The number of rotatable bonds is 5. The molecule has 102 valence electrons. The monoisotopic (exact) mass is 275 g/mol. The smallest absolute Gasteiger partial charge is 0.118 e. The van der Waals surface area contributed by atoms with E-state index in [4.69, 9.17) is 4.74 Å². The summed E-state index contributed by atoms with van der Waals surface area (Å²) in [5.41, 5.74) is 4.03. The summed E-state index contributed by atoms with van der Waals surface area (Å²) in [5, 5.41) is 5.73. The maximum absolute atomic E-state index is 5.20. The van der Waals surface area contributed by atoms with Gasteiger partial charge in [-0.25, -0.2) is 0 Å². The van der Waals surface area contributed by atoms with Gasteiger partial charge >= 0.3 is 0 Å². The second-order valence-corrected chi connectivity index (χ2v) is 5.86. The molecular weight excluding hydrogens is 254 g/mol. The molecule has 19 heavy (non-hydrogen) atoms. The summed E-state index contributed by atoms with van der Waals surface area (Å²) < 4.78 is 5.20. The number of thiophene rings is 1. The predicted octanol–water partition coefficient (Wildman–Crippen LogP) is 4.23. The van der Waals surface area contributed by atoms with Gasteiger partial charge in [0.1, 0.15) is 5.75 Å². The zero-order chi connectivity index (χ0) is 13.8. The number of nitrogens with one attached hydrogen (secondary N) is 1. The van der Waals surface area contributed by atoms with Crippen molar-refractivity contribution in [1.29, 1.82) is 0 Å². The molecule has 3 heteroatoms. The molecule has 0 radical (unpaired) electrons. The molecule has 1 aromatic heterocycles. The predicted molar refractivity (Wildman–Crippen MR) is 83.0 cm³/mol. The third-order valence-corrected chi connectivity index (χ3v) is 4.37. The van der Waals surface area contributed by atoms with Crippen LogP contribution in [0, 0.1) is 6.92 Å². The van der Waals surface area contributed by atoms with E-state index in [2.05, 4.69) is 43.6 Å². The third-order valence-electron chi connectivity index (χ3n) is 3.19. The lowest BCUT2D eigenvalue weighted by Crippen LogP contribution is -2.21. The molecule has 0 unspecified atom stereocenters.